The van der Waals surface area contributed by atoms with E-state index in [1.807, 2.05) is 11.5 Å². The van der Waals surface area contributed by atoms with Crippen molar-refractivity contribution in [1.29, 1.82) is 0 Å². The second-order valence-corrected chi connectivity index (χ2v) is 4.89. The van der Waals surface area contributed by atoms with E-state index in [9.17, 15) is 0 Å². The highest BCUT2D eigenvalue weighted by Crippen LogP contribution is 2.23. The summed E-state index contributed by atoms with van der Waals surface area (Å²) in [5.41, 5.74) is 1.06. The number of thiophene rings is 1. The van der Waals surface area contributed by atoms with Crippen molar-refractivity contribution in [2.24, 2.45) is 0 Å². The van der Waals surface area contributed by atoms with Gasteiger partial charge in [0.25, 0.3) is 0 Å². The molecular formula is C11H9N3S2. The van der Waals surface area contributed by atoms with Crippen molar-refractivity contribution in [3.8, 4) is 5.69 Å². The van der Waals surface area contributed by atoms with Gasteiger partial charge in [0.05, 0.1) is 5.69 Å². The summed E-state index contributed by atoms with van der Waals surface area (Å²) in [6, 6.07) is 8.42. The highest BCUT2D eigenvalue weighted by Gasteiger charge is 2.04. The molecule has 80 valence electrons. The maximum Gasteiger partial charge on any atom is 0.199 e. The molecule has 2 aromatic heterocycles. The molecule has 0 aliphatic heterocycles. The molecule has 0 aliphatic carbocycles. The highest BCUT2D eigenvalue weighted by molar-refractivity contribution is 7.71. The van der Waals surface area contributed by atoms with Gasteiger partial charge in [0, 0.05) is 4.70 Å². The molecule has 5 heteroatoms. The lowest BCUT2D eigenvalue weighted by Crippen LogP contribution is -1.96. The third-order valence-corrected chi connectivity index (χ3v) is 3.71. The van der Waals surface area contributed by atoms with E-state index in [1.54, 1.807) is 11.3 Å². The van der Waals surface area contributed by atoms with Crippen LogP contribution in [-0.4, -0.2) is 14.8 Å². The van der Waals surface area contributed by atoms with Gasteiger partial charge in [-0.05, 0) is 54.2 Å². The average molecular weight is 247 g/mol. The van der Waals surface area contributed by atoms with Crippen molar-refractivity contribution >= 4 is 33.6 Å². The summed E-state index contributed by atoms with van der Waals surface area (Å²) in [7, 11) is 0. The van der Waals surface area contributed by atoms with Gasteiger partial charge >= 0.3 is 0 Å². The van der Waals surface area contributed by atoms with Gasteiger partial charge in [0.1, 0.15) is 5.82 Å². The number of rotatable bonds is 1. The molecule has 1 N–H and O–H groups in total. The van der Waals surface area contributed by atoms with Crippen LogP contribution in [0.25, 0.3) is 15.8 Å². The molecule has 0 unspecified atom stereocenters. The number of nitrogens with zero attached hydrogens (tertiary/aromatic N) is 2. The normalized spacial score (nSPS) is 11.1. The van der Waals surface area contributed by atoms with Crippen molar-refractivity contribution < 1.29 is 0 Å². The zero-order valence-electron chi connectivity index (χ0n) is 8.60. The minimum absolute atomic E-state index is 0.632. The molecule has 3 aromatic rings. The number of H-pyrrole nitrogens is 1. The Morgan fingerprint density at radius 2 is 2.25 bits per heavy atom. The van der Waals surface area contributed by atoms with Crippen LogP contribution >= 0.6 is 23.6 Å². The van der Waals surface area contributed by atoms with Crippen LogP contribution in [0.2, 0.25) is 0 Å². The fraction of sp³-hybridized carbons (Fsp3) is 0.0909. The Labute approximate surface area is 101 Å². The van der Waals surface area contributed by atoms with Gasteiger partial charge in [-0.3, -0.25) is 9.67 Å². The number of aromatic amines is 1. The van der Waals surface area contributed by atoms with E-state index in [-0.39, 0.29) is 0 Å². The summed E-state index contributed by atoms with van der Waals surface area (Å²) in [4.78, 5) is 0. The van der Waals surface area contributed by atoms with Gasteiger partial charge in [0.15, 0.2) is 4.77 Å². The second kappa shape index (κ2) is 3.54. The fourth-order valence-electron chi connectivity index (χ4n) is 1.77. The van der Waals surface area contributed by atoms with Gasteiger partial charge in [-0.1, -0.05) is 0 Å². The van der Waals surface area contributed by atoms with E-state index >= 15 is 0 Å². The lowest BCUT2D eigenvalue weighted by atomic mass is 10.2. The van der Waals surface area contributed by atoms with Gasteiger partial charge < -0.3 is 0 Å². The summed E-state index contributed by atoms with van der Waals surface area (Å²) >= 11 is 6.95. The van der Waals surface area contributed by atoms with E-state index in [4.69, 9.17) is 12.2 Å². The van der Waals surface area contributed by atoms with Crippen LogP contribution in [0, 0.1) is 11.7 Å². The van der Waals surface area contributed by atoms with Crippen molar-refractivity contribution in [1.82, 2.24) is 14.8 Å². The number of hydrogen-bond donors (Lipinski definition) is 1. The van der Waals surface area contributed by atoms with Crippen LogP contribution in [0.1, 0.15) is 5.82 Å². The maximum absolute atomic E-state index is 5.20. The topological polar surface area (TPSA) is 33.6 Å². The molecule has 0 saturated heterocycles. The first-order valence-electron chi connectivity index (χ1n) is 4.87. The third kappa shape index (κ3) is 1.40. The molecule has 2 heterocycles. The molecule has 0 saturated carbocycles. The zero-order chi connectivity index (χ0) is 11.1. The Bertz CT molecular complexity index is 705. The van der Waals surface area contributed by atoms with Crippen LogP contribution in [0.3, 0.4) is 0 Å². The predicted molar refractivity (Wildman–Crippen MR) is 68.9 cm³/mol. The van der Waals surface area contributed by atoms with E-state index in [0.717, 1.165) is 11.5 Å². The van der Waals surface area contributed by atoms with Gasteiger partial charge in [0.2, 0.25) is 0 Å². The molecule has 3 rings (SSSR count). The molecule has 1 aromatic carbocycles. The van der Waals surface area contributed by atoms with Crippen molar-refractivity contribution in [3.05, 3.63) is 40.2 Å². The average Bonchev–Trinajstić information content (AvgIpc) is 2.85. The Morgan fingerprint density at radius 3 is 3.00 bits per heavy atom. The Balaban J connectivity index is 2.30. The number of aromatic nitrogens is 3. The second-order valence-electron chi connectivity index (χ2n) is 3.55. The van der Waals surface area contributed by atoms with E-state index in [0.29, 0.717) is 4.77 Å². The molecule has 0 aliphatic rings. The standard InChI is InChI=1S/C11H9N3S2/c1-7-12-13-11(15)14(7)9-2-3-10-8(6-9)4-5-16-10/h2-6H,1H3,(H,13,15). The minimum Gasteiger partial charge on any atom is -0.272 e. The summed E-state index contributed by atoms with van der Waals surface area (Å²) < 4.78 is 3.86. The lowest BCUT2D eigenvalue weighted by Gasteiger charge is -2.03. The first-order valence-corrected chi connectivity index (χ1v) is 6.16. The number of fused-ring (bicyclic) bond motifs is 1. The Hall–Kier alpha value is -1.46. The van der Waals surface area contributed by atoms with Crippen LogP contribution in [0.5, 0.6) is 0 Å². The first-order chi connectivity index (χ1) is 7.75. The Kier molecular flexibility index (Phi) is 2.15. The summed E-state index contributed by atoms with van der Waals surface area (Å²) in [5.74, 6) is 0.875. The summed E-state index contributed by atoms with van der Waals surface area (Å²) in [5, 5.41) is 10.2. The van der Waals surface area contributed by atoms with E-state index in [2.05, 4.69) is 39.8 Å². The molecule has 0 amide bonds. The van der Waals surface area contributed by atoms with Crippen LogP contribution in [0.15, 0.2) is 29.6 Å². The van der Waals surface area contributed by atoms with Crippen LogP contribution in [0.4, 0.5) is 0 Å². The summed E-state index contributed by atoms with van der Waals surface area (Å²) in [6.07, 6.45) is 0. The van der Waals surface area contributed by atoms with Crippen LogP contribution < -0.4 is 0 Å². The molecule has 0 bridgehead atoms. The summed E-state index contributed by atoms with van der Waals surface area (Å²) in [6.45, 7) is 1.93. The maximum atomic E-state index is 5.20. The monoisotopic (exact) mass is 247 g/mol. The number of aryl methyl sites for hydroxylation is 1. The lowest BCUT2D eigenvalue weighted by molar-refractivity contribution is 0.965. The predicted octanol–water partition coefficient (Wildman–Crippen LogP) is 3.45. The Morgan fingerprint density at radius 1 is 1.38 bits per heavy atom. The first kappa shape index (κ1) is 9.74. The number of nitrogens with one attached hydrogen (secondary N) is 1. The smallest absolute Gasteiger partial charge is 0.199 e. The molecule has 0 spiro atoms. The van der Waals surface area contributed by atoms with E-state index in [1.165, 1.54) is 10.1 Å². The molecule has 0 atom stereocenters. The van der Waals surface area contributed by atoms with Gasteiger partial charge in [-0.2, -0.15) is 5.10 Å². The molecule has 0 radical (unpaired) electrons. The number of hydrogen-bond acceptors (Lipinski definition) is 3. The largest absolute Gasteiger partial charge is 0.272 e. The quantitative estimate of drug-likeness (QED) is 0.668. The van der Waals surface area contributed by atoms with Crippen molar-refractivity contribution in [2.75, 3.05) is 0 Å². The molecular weight excluding hydrogens is 238 g/mol. The van der Waals surface area contributed by atoms with Crippen molar-refractivity contribution in [2.45, 2.75) is 6.92 Å². The van der Waals surface area contributed by atoms with Crippen LogP contribution in [-0.2, 0) is 0 Å². The van der Waals surface area contributed by atoms with Gasteiger partial charge in [-0.15, -0.1) is 11.3 Å². The SMILES string of the molecule is Cc1n[nH]c(=S)n1-c1ccc2sccc2c1. The minimum atomic E-state index is 0.632. The number of benzene rings is 1. The van der Waals surface area contributed by atoms with E-state index < -0.39 is 0 Å². The molecule has 16 heavy (non-hydrogen) atoms. The van der Waals surface area contributed by atoms with Crippen molar-refractivity contribution in [3.63, 3.8) is 0 Å². The highest BCUT2D eigenvalue weighted by atomic mass is 32.1. The zero-order valence-corrected chi connectivity index (χ0v) is 10.2. The third-order valence-electron chi connectivity index (χ3n) is 2.53. The van der Waals surface area contributed by atoms with Gasteiger partial charge in [-0.25, -0.2) is 0 Å². The molecule has 0 fully saturated rings. The fourth-order valence-corrected chi connectivity index (χ4v) is 2.83. The molecule has 3 nitrogen and oxygen atoms in total.